The number of likely N-dealkylation sites (N-methyl/N-ethyl adjacent to an activating group) is 1. The van der Waals surface area contributed by atoms with Crippen LogP contribution in [0.15, 0.2) is 12.1 Å². The van der Waals surface area contributed by atoms with Gasteiger partial charge in [0.2, 0.25) is 0 Å². The molecule has 0 bridgehead atoms. The Morgan fingerprint density at radius 2 is 1.76 bits per heavy atom. The molecule has 1 aromatic carbocycles. The van der Waals surface area contributed by atoms with E-state index in [0.29, 0.717) is 11.0 Å². The summed E-state index contributed by atoms with van der Waals surface area (Å²) in [4.78, 5) is 33.7. The van der Waals surface area contributed by atoms with Gasteiger partial charge in [0.1, 0.15) is 11.1 Å². The minimum absolute atomic E-state index is 0.282. The number of nitro benzene ring substituents is 1. The Balaban J connectivity index is 3.40. The molecule has 1 N–H and O–H groups in total. The Hall–Kier alpha value is -2.58. The molecule has 0 radical (unpaired) electrons. The van der Waals surface area contributed by atoms with E-state index in [-0.39, 0.29) is 6.07 Å². The fourth-order valence-corrected chi connectivity index (χ4v) is 1.44. The number of carbonyl (C=O) groups is 2. The van der Waals surface area contributed by atoms with Crippen LogP contribution in [-0.2, 0) is 4.79 Å². The van der Waals surface area contributed by atoms with Crippen molar-refractivity contribution in [3.8, 4) is 0 Å². The maximum atomic E-state index is 13.2. The van der Waals surface area contributed by atoms with Crippen LogP contribution in [0.4, 0.5) is 14.5 Å². The zero-order valence-corrected chi connectivity index (χ0v) is 11.4. The van der Waals surface area contributed by atoms with Crippen molar-refractivity contribution in [2.24, 2.45) is 0 Å². The van der Waals surface area contributed by atoms with Crippen molar-refractivity contribution < 1.29 is 28.4 Å². The normalized spacial score (nSPS) is 11.1. The molecule has 0 atom stereocenters. The Morgan fingerprint density at radius 3 is 2.19 bits per heavy atom. The predicted molar refractivity (Wildman–Crippen MR) is 66.8 cm³/mol. The Morgan fingerprint density at radius 1 is 1.29 bits per heavy atom. The standard InChI is InChI=1S/C12H12F2N2O5/c1-12(2,11(18)19)15(3)10(17)6-4-7(13)8(14)5-9(6)16(20)21/h4-5H,1-3H3,(H,18,19). The highest BCUT2D eigenvalue weighted by atomic mass is 19.2. The smallest absolute Gasteiger partial charge is 0.329 e. The maximum Gasteiger partial charge on any atom is 0.329 e. The van der Waals surface area contributed by atoms with Crippen LogP contribution in [0.3, 0.4) is 0 Å². The number of amides is 1. The van der Waals surface area contributed by atoms with Crippen LogP contribution in [0.1, 0.15) is 24.2 Å². The zero-order chi connectivity index (χ0) is 16.5. The van der Waals surface area contributed by atoms with Crippen molar-refractivity contribution in [2.75, 3.05) is 7.05 Å². The van der Waals surface area contributed by atoms with E-state index in [1.165, 1.54) is 13.8 Å². The van der Waals surface area contributed by atoms with Gasteiger partial charge in [0.25, 0.3) is 11.6 Å². The molecule has 0 aromatic heterocycles. The lowest BCUT2D eigenvalue weighted by molar-refractivity contribution is -0.385. The molecule has 9 heteroatoms. The molecule has 0 aliphatic carbocycles. The molecular weight excluding hydrogens is 290 g/mol. The van der Waals surface area contributed by atoms with Crippen LogP contribution < -0.4 is 0 Å². The third-order valence-corrected chi connectivity index (χ3v) is 3.13. The van der Waals surface area contributed by atoms with E-state index >= 15 is 0 Å². The second kappa shape index (κ2) is 5.43. The van der Waals surface area contributed by atoms with E-state index in [1.54, 1.807) is 0 Å². The van der Waals surface area contributed by atoms with Crippen LogP contribution >= 0.6 is 0 Å². The fraction of sp³-hybridized carbons (Fsp3) is 0.333. The van der Waals surface area contributed by atoms with Crippen LogP contribution in [0.5, 0.6) is 0 Å². The summed E-state index contributed by atoms with van der Waals surface area (Å²) < 4.78 is 26.3. The number of carboxylic acids is 1. The van der Waals surface area contributed by atoms with Crippen molar-refractivity contribution >= 4 is 17.6 Å². The molecule has 0 saturated carbocycles. The van der Waals surface area contributed by atoms with Crippen molar-refractivity contribution in [3.05, 3.63) is 39.4 Å². The van der Waals surface area contributed by atoms with Gasteiger partial charge in [-0.1, -0.05) is 0 Å². The molecule has 1 amide bonds. The lowest BCUT2D eigenvalue weighted by Gasteiger charge is -2.31. The van der Waals surface area contributed by atoms with Gasteiger partial charge in [0.15, 0.2) is 11.6 Å². The lowest BCUT2D eigenvalue weighted by Crippen LogP contribution is -2.50. The number of hydrogen-bond donors (Lipinski definition) is 1. The van der Waals surface area contributed by atoms with Crippen LogP contribution in [0.25, 0.3) is 0 Å². The summed E-state index contributed by atoms with van der Waals surface area (Å²) in [5.41, 5.74) is -3.35. The number of hydrogen-bond acceptors (Lipinski definition) is 4. The van der Waals surface area contributed by atoms with E-state index in [9.17, 15) is 28.5 Å². The quantitative estimate of drug-likeness (QED) is 0.675. The van der Waals surface area contributed by atoms with E-state index < -0.39 is 45.2 Å². The predicted octanol–water partition coefficient (Wildman–Crippen LogP) is 1.81. The molecule has 1 aromatic rings. The summed E-state index contributed by atoms with van der Waals surface area (Å²) in [6, 6.07) is 0.661. The van der Waals surface area contributed by atoms with E-state index in [2.05, 4.69) is 0 Å². The zero-order valence-electron chi connectivity index (χ0n) is 11.4. The van der Waals surface area contributed by atoms with Crippen molar-refractivity contribution in [1.29, 1.82) is 0 Å². The fourth-order valence-electron chi connectivity index (χ4n) is 1.44. The number of halogens is 2. The molecule has 0 aliphatic heterocycles. The van der Waals surface area contributed by atoms with Gasteiger partial charge in [-0.05, 0) is 19.9 Å². The van der Waals surface area contributed by atoms with E-state index in [0.717, 1.165) is 7.05 Å². The summed E-state index contributed by atoms with van der Waals surface area (Å²) in [5.74, 6) is -5.37. The van der Waals surface area contributed by atoms with E-state index in [4.69, 9.17) is 5.11 Å². The van der Waals surface area contributed by atoms with E-state index in [1.807, 2.05) is 0 Å². The molecular formula is C12H12F2N2O5. The van der Waals surface area contributed by atoms with Gasteiger partial charge in [-0.25, -0.2) is 13.6 Å². The minimum atomic E-state index is -1.68. The summed E-state index contributed by atoms with van der Waals surface area (Å²) in [5, 5.41) is 19.8. The molecule has 7 nitrogen and oxygen atoms in total. The van der Waals surface area contributed by atoms with Crippen LogP contribution in [-0.4, -0.2) is 39.4 Å². The highest BCUT2D eigenvalue weighted by molar-refractivity contribution is 6.00. The Bertz CT molecular complexity index is 630. The average molecular weight is 302 g/mol. The molecule has 0 spiro atoms. The molecule has 0 heterocycles. The topological polar surface area (TPSA) is 101 Å². The number of nitrogens with zero attached hydrogens (tertiary/aromatic N) is 2. The molecule has 0 fully saturated rings. The minimum Gasteiger partial charge on any atom is -0.480 e. The van der Waals surface area contributed by atoms with Crippen molar-refractivity contribution in [1.82, 2.24) is 4.90 Å². The summed E-state index contributed by atoms with van der Waals surface area (Å²) in [7, 11) is 1.10. The molecule has 0 aliphatic rings. The third kappa shape index (κ3) is 2.96. The number of nitro groups is 1. The van der Waals surface area contributed by atoms with Gasteiger partial charge in [-0.15, -0.1) is 0 Å². The molecule has 1 rings (SSSR count). The molecule has 21 heavy (non-hydrogen) atoms. The first-order chi connectivity index (χ1) is 9.50. The molecule has 114 valence electrons. The number of carboxylic acid groups (broad SMARTS) is 1. The van der Waals surface area contributed by atoms with Gasteiger partial charge in [-0.3, -0.25) is 14.9 Å². The summed E-state index contributed by atoms with van der Waals surface area (Å²) in [6.07, 6.45) is 0. The summed E-state index contributed by atoms with van der Waals surface area (Å²) >= 11 is 0. The molecule has 0 saturated heterocycles. The summed E-state index contributed by atoms with van der Waals surface area (Å²) in [6.45, 7) is 2.39. The number of rotatable bonds is 4. The number of carbonyl (C=O) groups excluding carboxylic acids is 1. The monoisotopic (exact) mass is 302 g/mol. The first-order valence-electron chi connectivity index (χ1n) is 5.65. The maximum absolute atomic E-state index is 13.2. The highest BCUT2D eigenvalue weighted by Crippen LogP contribution is 2.26. The molecule has 0 unspecified atom stereocenters. The van der Waals surface area contributed by atoms with Gasteiger partial charge >= 0.3 is 5.97 Å². The second-order valence-corrected chi connectivity index (χ2v) is 4.77. The van der Waals surface area contributed by atoms with Crippen LogP contribution in [0.2, 0.25) is 0 Å². The Labute approximate surface area is 117 Å². The van der Waals surface area contributed by atoms with Crippen molar-refractivity contribution in [2.45, 2.75) is 19.4 Å². The third-order valence-electron chi connectivity index (χ3n) is 3.13. The number of aliphatic carboxylic acids is 1. The van der Waals surface area contributed by atoms with Gasteiger partial charge in [0, 0.05) is 7.05 Å². The largest absolute Gasteiger partial charge is 0.480 e. The van der Waals surface area contributed by atoms with Gasteiger partial charge in [-0.2, -0.15) is 0 Å². The SMILES string of the molecule is CN(C(=O)c1cc(F)c(F)cc1[N+](=O)[O-])C(C)(C)C(=O)O. The van der Waals surface area contributed by atoms with Gasteiger partial charge in [0.05, 0.1) is 11.0 Å². The number of benzene rings is 1. The highest BCUT2D eigenvalue weighted by Gasteiger charge is 2.38. The Kier molecular flexibility index (Phi) is 4.26. The van der Waals surface area contributed by atoms with Crippen molar-refractivity contribution in [3.63, 3.8) is 0 Å². The second-order valence-electron chi connectivity index (χ2n) is 4.77. The lowest BCUT2D eigenvalue weighted by atomic mass is 10.0. The first kappa shape index (κ1) is 16.5. The van der Waals surface area contributed by atoms with Crippen LogP contribution in [0, 0.1) is 21.7 Å². The first-order valence-corrected chi connectivity index (χ1v) is 5.65. The average Bonchev–Trinajstić information content (AvgIpc) is 2.39. The van der Waals surface area contributed by atoms with Gasteiger partial charge < -0.3 is 10.0 Å².